The molecule has 1 aromatic rings. The van der Waals surface area contributed by atoms with Gasteiger partial charge in [-0.1, -0.05) is 25.1 Å². The van der Waals surface area contributed by atoms with Gasteiger partial charge >= 0.3 is 0 Å². The van der Waals surface area contributed by atoms with Crippen molar-refractivity contribution in [2.24, 2.45) is 11.7 Å². The van der Waals surface area contributed by atoms with Gasteiger partial charge in [-0.05, 0) is 56.7 Å². The van der Waals surface area contributed by atoms with Gasteiger partial charge in [0.2, 0.25) is 0 Å². The zero-order valence-electron chi connectivity index (χ0n) is 11.7. The lowest BCUT2D eigenvalue weighted by Crippen LogP contribution is -2.38. The molecule has 0 amide bonds. The molecule has 0 saturated heterocycles. The lowest BCUT2D eigenvalue weighted by molar-refractivity contribution is 0.490. The van der Waals surface area contributed by atoms with E-state index in [0.29, 0.717) is 12.0 Å². The molecule has 2 unspecified atom stereocenters. The summed E-state index contributed by atoms with van der Waals surface area (Å²) in [5.74, 6) is 0.653. The Morgan fingerprint density at radius 1 is 1.39 bits per heavy atom. The smallest absolute Gasteiger partial charge is 0.0401 e. The molecule has 0 aromatic heterocycles. The first-order valence-corrected chi connectivity index (χ1v) is 7.27. The number of hydrogen-bond donors (Lipinski definition) is 1. The number of nitrogens with two attached hydrogens (primary N) is 1. The minimum Gasteiger partial charge on any atom is -0.369 e. The molecule has 2 heteroatoms. The van der Waals surface area contributed by atoms with Crippen molar-refractivity contribution in [3.8, 4) is 0 Å². The molecule has 18 heavy (non-hydrogen) atoms. The lowest BCUT2D eigenvalue weighted by atomic mass is 9.96. The molecule has 0 aliphatic carbocycles. The van der Waals surface area contributed by atoms with Crippen LogP contribution in [0.1, 0.15) is 38.7 Å². The van der Waals surface area contributed by atoms with Crippen LogP contribution in [0.4, 0.5) is 5.69 Å². The third kappa shape index (κ3) is 3.05. The second-order valence-corrected chi connectivity index (χ2v) is 5.69. The van der Waals surface area contributed by atoms with Gasteiger partial charge in [0.05, 0.1) is 0 Å². The molecule has 100 valence electrons. The zero-order chi connectivity index (χ0) is 13.0. The molecular formula is C16H26N2. The van der Waals surface area contributed by atoms with Crippen molar-refractivity contribution in [1.82, 2.24) is 0 Å². The first-order valence-electron chi connectivity index (χ1n) is 7.27. The fourth-order valence-corrected chi connectivity index (χ4v) is 2.83. The molecule has 1 aromatic carbocycles. The van der Waals surface area contributed by atoms with E-state index < -0.39 is 0 Å². The molecule has 0 radical (unpaired) electrons. The SMILES string of the molecule is CC(CN)CCCN1c2ccccc2CCC1C. The van der Waals surface area contributed by atoms with Crippen LogP contribution in [0.3, 0.4) is 0 Å². The van der Waals surface area contributed by atoms with Crippen molar-refractivity contribution < 1.29 is 0 Å². The van der Waals surface area contributed by atoms with Crippen molar-refractivity contribution in [2.45, 2.75) is 45.6 Å². The minimum atomic E-state index is 0.653. The second kappa shape index (κ2) is 6.24. The maximum Gasteiger partial charge on any atom is 0.0401 e. The zero-order valence-corrected chi connectivity index (χ0v) is 11.7. The standard InChI is InChI=1S/C16H26N2/c1-13(12-17)6-5-11-18-14(2)9-10-15-7-3-4-8-16(15)18/h3-4,7-8,13-14H,5-6,9-12,17H2,1-2H3. The Bertz CT molecular complexity index is 375. The van der Waals surface area contributed by atoms with Gasteiger partial charge in [-0.2, -0.15) is 0 Å². The second-order valence-electron chi connectivity index (χ2n) is 5.69. The molecule has 2 rings (SSSR count). The topological polar surface area (TPSA) is 29.3 Å². The monoisotopic (exact) mass is 246 g/mol. The predicted octanol–water partition coefficient (Wildman–Crippen LogP) is 3.20. The van der Waals surface area contributed by atoms with Crippen molar-refractivity contribution in [3.05, 3.63) is 29.8 Å². The van der Waals surface area contributed by atoms with E-state index in [1.54, 1.807) is 0 Å². The fourth-order valence-electron chi connectivity index (χ4n) is 2.83. The molecule has 2 atom stereocenters. The van der Waals surface area contributed by atoms with Gasteiger partial charge in [0.1, 0.15) is 0 Å². The highest BCUT2D eigenvalue weighted by molar-refractivity contribution is 5.56. The van der Waals surface area contributed by atoms with Crippen molar-refractivity contribution >= 4 is 5.69 Å². The van der Waals surface area contributed by atoms with E-state index in [4.69, 9.17) is 5.73 Å². The number of fused-ring (bicyclic) bond motifs is 1. The number of benzene rings is 1. The van der Waals surface area contributed by atoms with Crippen molar-refractivity contribution in [2.75, 3.05) is 18.0 Å². The Morgan fingerprint density at radius 2 is 2.17 bits per heavy atom. The van der Waals surface area contributed by atoms with Gasteiger partial charge in [-0.25, -0.2) is 0 Å². The third-order valence-corrected chi connectivity index (χ3v) is 4.16. The van der Waals surface area contributed by atoms with E-state index in [1.807, 2.05) is 0 Å². The fraction of sp³-hybridized carbons (Fsp3) is 0.625. The number of hydrogen-bond acceptors (Lipinski definition) is 2. The van der Waals surface area contributed by atoms with Gasteiger partial charge in [-0.3, -0.25) is 0 Å². The predicted molar refractivity (Wildman–Crippen MR) is 79.0 cm³/mol. The van der Waals surface area contributed by atoms with E-state index in [2.05, 4.69) is 43.0 Å². The Morgan fingerprint density at radius 3 is 2.94 bits per heavy atom. The highest BCUT2D eigenvalue weighted by Crippen LogP contribution is 2.30. The summed E-state index contributed by atoms with van der Waals surface area (Å²) >= 11 is 0. The summed E-state index contributed by atoms with van der Waals surface area (Å²) in [5.41, 5.74) is 8.65. The summed E-state index contributed by atoms with van der Waals surface area (Å²) in [6, 6.07) is 9.54. The Kier molecular flexibility index (Phi) is 4.65. The summed E-state index contributed by atoms with van der Waals surface area (Å²) in [7, 11) is 0. The molecule has 1 aliphatic rings. The van der Waals surface area contributed by atoms with E-state index >= 15 is 0 Å². The maximum atomic E-state index is 5.68. The molecule has 0 fully saturated rings. The third-order valence-electron chi connectivity index (χ3n) is 4.16. The van der Waals surface area contributed by atoms with Crippen LogP contribution in [0, 0.1) is 5.92 Å². The van der Waals surface area contributed by atoms with Crippen LogP contribution in [0.25, 0.3) is 0 Å². The quantitative estimate of drug-likeness (QED) is 0.864. The molecule has 0 saturated carbocycles. The van der Waals surface area contributed by atoms with Crippen LogP contribution in [0.5, 0.6) is 0 Å². The molecule has 0 spiro atoms. The molecule has 2 N–H and O–H groups in total. The average molecular weight is 246 g/mol. The van der Waals surface area contributed by atoms with E-state index in [0.717, 1.165) is 6.54 Å². The lowest BCUT2D eigenvalue weighted by Gasteiger charge is -2.37. The van der Waals surface area contributed by atoms with Crippen molar-refractivity contribution in [3.63, 3.8) is 0 Å². The van der Waals surface area contributed by atoms with Crippen LogP contribution in [0.15, 0.2) is 24.3 Å². The van der Waals surface area contributed by atoms with Crippen molar-refractivity contribution in [1.29, 1.82) is 0 Å². The highest BCUT2D eigenvalue weighted by atomic mass is 15.2. The van der Waals surface area contributed by atoms with Crippen LogP contribution in [0.2, 0.25) is 0 Å². The number of rotatable bonds is 5. The molecular weight excluding hydrogens is 220 g/mol. The maximum absolute atomic E-state index is 5.68. The number of para-hydroxylation sites is 1. The average Bonchev–Trinajstić information content (AvgIpc) is 2.41. The minimum absolute atomic E-state index is 0.653. The van der Waals surface area contributed by atoms with Gasteiger partial charge < -0.3 is 10.6 Å². The number of aryl methyl sites for hydroxylation is 1. The summed E-state index contributed by atoms with van der Waals surface area (Å²) in [5, 5.41) is 0. The Balaban J connectivity index is 1.98. The first kappa shape index (κ1) is 13.4. The van der Waals surface area contributed by atoms with Crippen LogP contribution in [-0.4, -0.2) is 19.1 Å². The molecule has 2 nitrogen and oxygen atoms in total. The first-order chi connectivity index (χ1) is 8.72. The summed E-state index contributed by atoms with van der Waals surface area (Å²) in [4.78, 5) is 2.59. The van der Waals surface area contributed by atoms with E-state index in [9.17, 15) is 0 Å². The van der Waals surface area contributed by atoms with E-state index in [1.165, 1.54) is 43.5 Å². The van der Waals surface area contributed by atoms with E-state index in [-0.39, 0.29) is 0 Å². The highest BCUT2D eigenvalue weighted by Gasteiger charge is 2.21. The normalized spacial score (nSPS) is 20.6. The molecule has 1 heterocycles. The summed E-state index contributed by atoms with van der Waals surface area (Å²) < 4.78 is 0. The molecule has 0 bridgehead atoms. The van der Waals surface area contributed by atoms with Gasteiger partial charge in [-0.15, -0.1) is 0 Å². The largest absolute Gasteiger partial charge is 0.369 e. The van der Waals surface area contributed by atoms with Gasteiger partial charge in [0, 0.05) is 18.3 Å². The van der Waals surface area contributed by atoms with Crippen LogP contribution < -0.4 is 10.6 Å². The Hall–Kier alpha value is -1.02. The summed E-state index contributed by atoms with van der Waals surface area (Å²) in [6.45, 7) is 6.57. The summed E-state index contributed by atoms with van der Waals surface area (Å²) in [6.07, 6.45) is 5.00. The Labute approximate surface area is 111 Å². The van der Waals surface area contributed by atoms with Gasteiger partial charge in [0.25, 0.3) is 0 Å². The van der Waals surface area contributed by atoms with Crippen LogP contribution in [-0.2, 0) is 6.42 Å². The number of nitrogens with zero attached hydrogens (tertiary/aromatic N) is 1. The van der Waals surface area contributed by atoms with Gasteiger partial charge in [0.15, 0.2) is 0 Å². The number of anilines is 1. The van der Waals surface area contributed by atoms with Crippen LogP contribution >= 0.6 is 0 Å². The molecule has 1 aliphatic heterocycles.